The number of nitro groups is 1. The van der Waals surface area contributed by atoms with Gasteiger partial charge in [0.05, 0.1) is 11.5 Å². The first-order valence-corrected chi connectivity index (χ1v) is 6.93. The van der Waals surface area contributed by atoms with Crippen LogP contribution < -0.4 is 10.1 Å². The van der Waals surface area contributed by atoms with Gasteiger partial charge in [-0.1, -0.05) is 0 Å². The summed E-state index contributed by atoms with van der Waals surface area (Å²) >= 11 is 0. The summed E-state index contributed by atoms with van der Waals surface area (Å²) in [6.45, 7) is 1.71. The number of nitrogens with zero attached hydrogens (tertiary/aromatic N) is 2. The van der Waals surface area contributed by atoms with E-state index >= 15 is 0 Å². The van der Waals surface area contributed by atoms with Crippen LogP contribution in [0.2, 0.25) is 0 Å². The maximum absolute atomic E-state index is 11.7. The molecule has 1 aromatic rings. The molecule has 7 nitrogen and oxygen atoms in total. The van der Waals surface area contributed by atoms with Crippen molar-refractivity contribution in [3.8, 4) is 5.75 Å². The van der Waals surface area contributed by atoms with Crippen molar-refractivity contribution >= 4 is 11.6 Å². The lowest BCUT2D eigenvalue weighted by Gasteiger charge is -2.32. The van der Waals surface area contributed by atoms with Gasteiger partial charge in [-0.05, 0) is 19.2 Å². The fourth-order valence-corrected chi connectivity index (χ4v) is 2.32. The largest absolute Gasteiger partial charge is 0.490 e. The first kappa shape index (κ1) is 15.2. The van der Waals surface area contributed by atoms with E-state index in [2.05, 4.69) is 5.32 Å². The summed E-state index contributed by atoms with van der Waals surface area (Å²) in [7, 11) is 1.75. The van der Waals surface area contributed by atoms with Crippen molar-refractivity contribution in [3.05, 3.63) is 34.4 Å². The molecule has 1 aromatic carbocycles. The zero-order valence-corrected chi connectivity index (χ0v) is 11.9. The molecule has 1 saturated heterocycles. The van der Waals surface area contributed by atoms with Crippen LogP contribution in [0.25, 0.3) is 0 Å². The number of nitro benzene ring substituents is 1. The molecule has 1 heterocycles. The number of ether oxygens (including phenoxy) is 1. The fraction of sp³-hybridized carbons (Fsp3) is 0.500. The topological polar surface area (TPSA) is 84.7 Å². The molecule has 0 bridgehead atoms. The summed E-state index contributed by atoms with van der Waals surface area (Å²) in [5.74, 6) is 0.729. The SMILES string of the molecule is CNCC(=O)N1CCC(Oc2ccc([N+](=O)[O-])cc2)CC1. The number of non-ortho nitro benzene ring substituents is 1. The van der Waals surface area contributed by atoms with Gasteiger partial charge in [0.25, 0.3) is 5.69 Å². The van der Waals surface area contributed by atoms with Crippen molar-refractivity contribution in [3.63, 3.8) is 0 Å². The number of benzene rings is 1. The lowest BCUT2D eigenvalue weighted by Crippen LogP contribution is -2.44. The summed E-state index contributed by atoms with van der Waals surface area (Å²) in [5, 5.41) is 13.4. The number of likely N-dealkylation sites (tertiary alicyclic amines) is 1. The minimum atomic E-state index is -0.435. The predicted octanol–water partition coefficient (Wildman–Crippen LogP) is 1.18. The van der Waals surface area contributed by atoms with E-state index in [1.165, 1.54) is 12.1 Å². The Kier molecular flexibility index (Phi) is 5.10. The first-order chi connectivity index (χ1) is 10.1. The van der Waals surface area contributed by atoms with Crippen LogP contribution in [0.3, 0.4) is 0 Å². The molecule has 0 radical (unpaired) electrons. The Labute approximate surface area is 123 Å². The third kappa shape index (κ3) is 4.16. The second-order valence-corrected chi connectivity index (χ2v) is 4.98. The Balaban J connectivity index is 1.83. The fourth-order valence-electron chi connectivity index (χ4n) is 2.32. The number of amides is 1. The molecular weight excluding hydrogens is 274 g/mol. The first-order valence-electron chi connectivity index (χ1n) is 6.93. The Morgan fingerprint density at radius 2 is 2.00 bits per heavy atom. The molecule has 0 atom stereocenters. The molecule has 0 unspecified atom stereocenters. The second-order valence-electron chi connectivity index (χ2n) is 4.98. The van der Waals surface area contributed by atoms with Gasteiger partial charge in [0, 0.05) is 38.1 Å². The number of carbonyl (C=O) groups excluding carboxylic acids is 1. The molecule has 0 aromatic heterocycles. The van der Waals surface area contributed by atoms with Crippen LogP contribution in [0.4, 0.5) is 5.69 Å². The molecular formula is C14H19N3O4. The van der Waals surface area contributed by atoms with Gasteiger partial charge in [-0.15, -0.1) is 0 Å². The summed E-state index contributed by atoms with van der Waals surface area (Å²) in [4.78, 5) is 23.7. The zero-order valence-electron chi connectivity index (χ0n) is 11.9. The third-order valence-electron chi connectivity index (χ3n) is 3.47. The molecule has 1 amide bonds. The average molecular weight is 293 g/mol. The molecule has 1 aliphatic rings. The highest BCUT2D eigenvalue weighted by atomic mass is 16.6. The van der Waals surface area contributed by atoms with Gasteiger partial charge in [0.1, 0.15) is 11.9 Å². The number of carbonyl (C=O) groups is 1. The van der Waals surface area contributed by atoms with Gasteiger partial charge in [0.15, 0.2) is 0 Å². The van der Waals surface area contributed by atoms with E-state index in [9.17, 15) is 14.9 Å². The van der Waals surface area contributed by atoms with E-state index in [1.54, 1.807) is 19.2 Å². The highest BCUT2D eigenvalue weighted by molar-refractivity contribution is 5.78. The lowest BCUT2D eigenvalue weighted by molar-refractivity contribution is -0.384. The van der Waals surface area contributed by atoms with Gasteiger partial charge in [0.2, 0.25) is 5.91 Å². The normalized spacial score (nSPS) is 15.8. The second kappa shape index (κ2) is 7.03. The smallest absolute Gasteiger partial charge is 0.269 e. The summed E-state index contributed by atoms with van der Waals surface area (Å²) in [6.07, 6.45) is 1.59. The highest BCUT2D eigenvalue weighted by Crippen LogP contribution is 2.21. The van der Waals surface area contributed by atoms with Crippen molar-refractivity contribution in [2.45, 2.75) is 18.9 Å². The van der Waals surface area contributed by atoms with Gasteiger partial charge in [-0.25, -0.2) is 0 Å². The molecule has 1 N–H and O–H groups in total. The third-order valence-corrected chi connectivity index (χ3v) is 3.47. The van der Waals surface area contributed by atoms with Crippen LogP contribution in [0.5, 0.6) is 5.75 Å². The summed E-state index contributed by atoms with van der Waals surface area (Å²) in [6, 6.07) is 6.08. The predicted molar refractivity (Wildman–Crippen MR) is 77.3 cm³/mol. The van der Waals surface area contributed by atoms with Crippen LogP contribution in [-0.4, -0.2) is 48.5 Å². The van der Waals surface area contributed by atoms with E-state index < -0.39 is 4.92 Å². The Bertz CT molecular complexity index is 495. The van der Waals surface area contributed by atoms with Crippen LogP contribution >= 0.6 is 0 Å². The van der Waals surface area contributed by atoms with E-state index in [0.29, 0.717) is 25.4 Å². The zero-order chi connectivity index (χ0) is 15.2. The van der Waals surface area contributed by atoms with Crippen molar-refractivity contribution in [1.82, 2.24) is 10.2 Å². The highest BCUT2D eigenvalue weighted by Gasteiger charge is 2.23. The number of rotatable bonds is 5. The molecule has 114 valence electrons. The monoisotopic (exact) mass is 293 g/mol. The van der Waals surface area contributed by atoms with Crippen molar-refractivity contribution < 1.29 is 14.5 Å². The van der Waals surface area contributed by atoms with E-state index in [1.807, 2.05) is 4.90 Å². The summed E-state index contributed by atoms with van der Waals surface area (Å²) in [5.41, 5.74) is 0.0508. The number of hydrogen-bond acceptors (Lipinski definition) is 5. The average Bonchev–Trinajstić information content (AvgIpc) is 2.49. The molecule has 21 heavy (non-hydrogen) atoms. The minimum absolute atomic E-state index is 0.0464. The molecule has 2 rings (SSSR count). The van der Waals surface area contributed by atoms with Crippen molar-refractivity contribution in [2.24, 2.45) is 0 Å². The van der Waals surface area contributed by atoms with Gasteiger partial charge < -0.3 is 15.0 Å². The maximum atomic E-state index is 11.7. The number of hydrogen-bond donors (Lipinski definition) is 1. The number of nitrogens with one attached hydrogen (secondary N) is 1. The van der Waals surface area contributed by atoms with Crippen LogP contribution in [0, 0.1) is 10.1 Å². The van der Waals surface area contributed by atoms with Gasteiger partial charge >= 0.3 is 0 Å². The molecule has 7 heteroatoms. The molecule has 1 aliphatic heterocycles. The number of likely N-dealkylation sites (N-methyl/N-ethyl adjacent to an activating group) is 1. The summed E-state index contributed by atoms with van der Waals surface area (Å²) < 4.78 is 5.80. The van der Waals surface area contributed by atoms with Crippen molar-refractivity contribution in [1.29, 1.82) is 0 Å². The van der Waals surface area contributed by atoms with E-state index in [-0.39, 0.29) is 17.7 Å². The molecule has 0 saturated carbocycles. The lowest BCUT2D eigenvalue weighted by atomic mass is 10.1. The van der Waals surface area contributed by atoms with Crippen LogP contribution in [0.1, 0.15) is 12.8 Å². The maximum Gasteiger partial charge on any atom is 0.269 e. The van der Waals surface area contributed by atoms with Crippen LogP contribution in [-0.2, 0) is 4.79 Å². The number of piperidine rings is 1. The quantitative estimate of drug-likeness (QED) is 0.651. The van der Waals surface area contributed by atoms with E-state index in [4.69, 9.17) is 4.74 Å². The van der Waals surface area contributed by atoms with Crippen LogP contribution in [0.15, 0.2) is 24.3 Å². The Morgan fingerprint density at radius 1 is 1.38 bits per heavy atom. The standard InChI is InChI=1S/C14H19N3O4/c1-15-10-14(18)16-8-6-13(7-9-16)21-12-4-2-11(3-5-12)17(19)20/h2-5,13,15H,6-10H2,1H3. The van der Waals surface area contributed by atoms with Crippen molar-refractivity contribution in [2.75, 3.05) is 26.7 Å². The molecule has 0 spiro atoms. The van der Waals surface area contributed by atoms with Gasteiger partial charge in [-0.2, -0.15) is 0 Å². The Morgan fingerprint density at radius 3 is 2.52 bits per heavy atom. The molecule has 0 aliphatic carbocycles. The Hall–Kier alpha value is -2.15. The van der Waals surface area contributed by atoms with E-state index in [0.717, 1.165) is 12.8 Å². The molecule has 1 fully saturated rings. The van der Waals surface area contributed by atoms with Gasteiger partial charge in [-0.3, -0.25) is 14.9 Å². The minimum Gasteiger partial charge on any atom is -0.490 e.